The minimum Gasteiger partial charge on any atom is -0.262 e. The number of aromatic amines is 1. The molecule has 0 atom stereocenters. The first kappa shape index (κ1) is 12.4. The Kier molecular flexibility index (Phi) is 4.02. The van der Waals surface area contributed by atoms with Crippen LogP contribution in [0.2, 0.25) is 5.02 Å². The molecule has 0 aliphatic heterocycles. The van der Waals surface area contributed by atoms with Crippen LogP contribution in [0.25, 0.3) is 0 Å². The maximum absolute atomic E-state index is 12.8. The summed E-state index contributed by atoms with van der Waals surface area (Å²) in [5.41, 5.74) is 0.876. The number of hydrogen-bond acceptors (Lipinski definition) is 3. The number of nitrogens with zero attached hydrogens (tertiary/aromatic N) is 2. The van der Waals surface area contributed by atoms with E-state index >= 15 is 0 Å². The van der Waals surface area contributed by atoms with E-state index in [0.717, 1.165) is 17.8 Å². The fraction of sp³-hybridized carbons (Fsp3) is 0.273. The summed E-state index contributed by atoms with van der Waals surface area (Å²) in [6, 6.07) is 4.39. The highest BCUT2D eigenvalue weighted by Gasteiger charge is 2.06. The van der Waals surface area contributed by atoms with Crippen molar-refractivity contribution in [3.8, 4) is 0 Å². The van der Waals surface area contributed by atoms with Crippen molar-refractivity contribution in [3.05, 3.63) is 40.4 Å². The number of halogens is 2. The van der Waals surface area contributed by atoms with Gasteiger partial charge in [0.2, 0.25) is 5.16 Å². The monoisotopic (exact) mass is 271 g/mol. The highest BCUT2D eigenvalue weighted by atomic mass is 35.5. The predicted molar refractivity (Wildman–Crippen MR) is 66.7 cm³/mol. The Morgan fingerprint density at radius 3 is 2.94 bits per heavy atom. The Bertz CT molecular complexity index is 515. The van der Waals surface area contributed by atoms with E-state index in [1.54, 1.807) is 6.07 Å². The fourth-order valence-corrected chi connectivity index (χ4v) is 2.42. The smallest absolute Gasteiger partial charge is 0.208 e. The zero-order valence-electron chi connectivity index (χ0n) is 9.20. The van der Waals surface area contributed by atoms with Gasteiger partial charge in [-0.1, -0.05) is 36.4 Å². The number of hydrogen-bond donors (Lipinski definition) is 1. The fourth-order valence-electron chi connectivity index (χ4n) is 1.28. The highest BCUT2D eigenvalue weighted by molar-refractivity contribution is 7.98. The normalized spacial score (nSPS) is 10.8. The molecule has 17 heavy (non-hydrogen) atoms. The zero-order valence-corrected chi connectivity index (χ0v) is 10.8. The maximum Gasteiger partial charge on any atom is 0.208 e. The highest BCUT2D eigenvalue weighted by Crippen LogP contribution is 2.25. The van der Waals surface area contributed by atoms with Crippen LogP contribution in [0.1, 0.15) is 18.3 Å². The van der Waals surface area contributed by atoms with Gasteiger partial charge >= 0.3 is 0 Å². The Hall–Kier alpha value is -1.07. The molecule has 0 saturated carbocycles. The molecule has 0 bridgehead atoms. The maximum atomic E-state index is 12.8. The van der Waals surface area contributed by atoms with Gasteiger partial charge in [-0.05, 0) is 17.7 Å². The topological polar surface area (TPSA) is 41.6 Å². The Balaban J connectivity index is 2.02. The Morgan fingerprint density at radius 2 is 2.29 bits per heavy atom. The molecular formula is C11H11ClFN3S. The van der Waals surface area contributed by atoms with E-state index < -0.39 is 0 Å². The minimum atomic E-state index is -0.324. The summed E-state index contributed by atoms with van der Waals surface area (Å²) in [7, 11) is 0. The van der Waals surface area contributed by atoms with Gasteiger partial charge in [-0.25, -0.2) is 9.37 Å². The second-order valence-corrected chi connectivity index (χ2v) is 4.79. The zero-order chi connectivity index (χ0) is 12.3. The summed E-state index contributed by atoms with van der Waals surface area (Å²) in [4.78, 5) is 4.27. The SMILES string of the molecule is CCc1nc(SCc2ccc(F)cc2Cl)n[nH]1. The standard InChI is InChI=1S/C11H11ClFN3S/c1-2-10-14-11(16-15-10)17-6-7-3-4-8(13)5-9(7)12/h3-5H,2,6H2,1H3,(H,14,15,16). The number of aryl methyl sites for hydroxylation is 1. The third-order valence-electron chi connectivity index (χ3n) is 2.22. The summed E-state index contributed by atoms with van der Waals surface area (Å²) in [5, 5.41) is 8.02. The van der Waals surface area contributed by atoms with Crippen molar-refractivity contribution in [1.29, 1.82) is 0 Å². The van der Waals surface area contributed by atoms with E-state index in [-0.39, 0.29) is 5.82 Å². The third-order valence-corrected chi connectivity index (χ3v) is 3.47. The summed E-state index contributed by atoms with van der Waals surface area (Å²) in [6.07, 6.45) is 0.824. The molecule has 2 aromatic rings. The summed E-state index contributed by atoms with van der Waals surface area (Å²) in [5.74, 6) is 1.16. The number of nitrogens with one attached hydrogen (secondary N) is 1. The summed E-state index contributed by atoms with van der Waals surface area (Å²) in [6.45, 7) is 2.01. The van der Waals surface area contributed by atoms with Gasteiger partial charge in [0.1, 0.15) is 11.6 Å². The third kappa shape index (κ3) is 3.20. The number of benzene rings is 1. The lowest BCUT2D eigenvalue weighted by Crippen LogP contribution is -1.85. The molecule has 90 valence electrons. The average Bonchev–Trinajstić information content (AvgIpc) is 2.76. The van der Waals surface area contributed by atoms with Crippen LogP contribution in [0.15, 0.2) is 23.4 Å². The Morgan fingerprint density at radius 1 is 1.47 bits per heavy atom. The van der Waals surface area contributed by atoms with E-state index in [9.17, 15) is 4.39 Å². The average molecular weight is 272 g/mol. The molecule has 1 aromatic heterocycles. The first-order valence-corrected chi connectivity index (χ1v) is 6.53. The second kappa shape index (κ2) is 5.51. The lowest BCUT2D eigenvalue weighted by atomic mass is 10.2. The molecule has 0 aliphatic rings. The summed E-state index contributed by atoms with van der Waals surface area (Å²) >= 11 is 7.40. The van der Waals surface area contributed by atoms with Crippen LogP contribution in [-0.2, 0) is 12.2 Å². The van der Waals surface area contributed by atoms with Crippen molar-refractivity contribution in [2.45, 2.75) is 24.3 Å². The van der Waals surface area contributed by atoms with Crippen molar-refractivity contribution in [1.82, 2.24) is 15.2 Å². The summed E-state index contributed by atoms with van der Waals surface area (Å²) < 4.78 is 12.8. The van der Waals surface area contributed by atoms with Crippen LogP contribution in [0, 0.1) is 5.82 Å². The van der Waals surface area contributed by atoms with Crippen molar-refractivity contribution in [3.63, 3.8) is 0 Å². The molecule has 0 fully saturated rings. The van der Waals surface area contributed by atoms with Crippen LogP contribution in [0.5, 0.6) is 0 Å². The molecule has 6 heteroatoms. The van der Waals surface area contributed by atoms with Crippen molar-refractivity contribution in [2.24, 2.45) is 0 Å². The molecule has 3 nitrogen and oxygen atoms in total. The van der Waals surface area contributed by atoms with Crippen LogP contribution in [0.4, 0.5) is 4.39 Å². The van der Waals surface area contributed by atoms with Crippen molar-refractivity contribution < 1.29 is 4.39 Å². The van der Waals surface area contributed by atoms with Crippen LogP contribution < -0.4 is 0 Å². The van der Waals surface area contributed by atoms with Crippen LogP contribution in [0.3, 0.4) is 0 Å². The molecule has 1 N–H and O–H groups in total. The molecule has 0 unspecified atom stereocenters. The van der Waals surface area contributed by atoms with E-state index in [0.29, 0.717) is 15.9 Å². The number of thioether (sulfide) groups is 1. The van der Waals surface area contributed by atoms with Gasteiger partial charge < -0.3 is 0 Å². The second-order valence-electron chi connectivity index (χ2n) is 3.44. The van der Waals surface area contributed by atoms with E-state index in [2.05, 4.69) is 15.2 Å². The van der Waals surface area contributed by atoms with E-state index in [4.69, 9.17) is 11.6 Å². The van der Waals surface area contributed by atoms with Crippen molar-refractivity contribution in [2.75, 3.05) is 0 Å². The molecule has 0 spiro atoms. The number of rotatable bonds is 4. The van der Waals surface area contributed by atoms with E-state index in [1.165, 1.54) is 23.9 Å². The van der Waals surface area contributed by atoms with Gasteiger partial charge in [0.25, 0.3) is 0 Å². The van der Waals surface area contributed by atoms with Crippen LogP contribution >= 0.6 is 23.4 Å². The molecule has 0 amide bonds. The first-order valence-electron chi connectivity index (χ1n) is 5.17. The lowest BCUT2D eigenvalue weighted by molar-refractivity contribution is 0.627. The van der Waals surface area contributed by atoms with Crippen molar-refractivity contribution >= 4 is 23.4 Å². The quantitative estimate of drug-likeness (QED) is 0.866. The molecule has 1 aromatic carbocycles. The van der Waals surface area contributed by atoms with E-state index in [1.807, 2.05) is 6.92 Å². The molecule has 2 rings (SSSR count). The molecule has 0 radical (unpaired) electrons. The molecule has 0 aliphatic carbocycles. The van der Waals surface area contributed by atoms with Gasteiger partial charge in [0.15, 0.2) is 0 Å². The molecule has 1 heterocycles. The predicted octanol–water partition coefficient (Wildman–Crippen LogP) is 3.45. The molecular weight excluding hydrogens is 261 g/mol. The number of H-pyrrole nitrogens is 1. The van der Waals surface area contributed by atoms with Crippen LogP contribution in [-0.4, -0.2) is 15.2 Å². The van der Waals surface area contributed by atoms with Gasteiger partial charge in [0, 0.05) is 17.2 Å². The van der Waals surface area contributed by atoms with Gasteiger partial charge in [-0.2, -0.15) is 0 Å². The lowest BCUT2D eigenvalue weighted by Gasteiger charge is -2.01. The Labute approximate surface area is 108 Å². The minimum absolute atomic E-state index is 0.324. The first-order chi connectivity index (χ1) is 8.19. The van der Waals surface area contributed by atoms with Gasteiger partial charge in [0.05, 0.1) is 0 Å². The molecule has 0 saturated heterocycles. The van der Waals surface area contributed by atoms with Gasteiger partial charge in [-0.3, -0.25) is 5.10 Å². The number of aromatic nitrogens is 3. The van der Waals surface area contributed by atoms with Gasteiger partial charge in [-0.15, -0.1) is 5.10 Å². The largest absolute Gasteiger partial charge is 0.262 e.